The van der Waals surface area contributed by atoms with Crippen molar-refractivity contribution in [1.29, 1.82) is 0 Å². The molecule has 8 heteroatoms. The predicted molar refractivity (Wildman–Crippen MR) is 125 cm³/mol. The zero-order chi connectivity index (χ0) is 24.1. The largest absolute Gasteiger partial charge is 0.479 e. The summed E-state index contributed by atoms with van der Waals surface area (Å²) in [5.74, 6) is -1.54. The number of carbonyl (C=O) groups is 3. The zero-order valence-electron chi connectivity index (χ0n) is 19.0. The molecule has 1 heterocycles. The summed E-state index contributed by atoms with van der Waals surface area (Å²) in [7, 11) is 1.42. The number of ether oxygens (including phenoxy) is 2. The number of rotatable bonds is 8. The molecule has 1 fully saturated rings. The summed E-state index contributed by atoms with van der Waals surface area (Å²) in [5.41, 5.74) is 3.22. The first-order valence-electron chi connectivity index (χ1n) is 11.3. The van der Waals surface area contributed by atoms with Crippen molar-refractivity contribution in [1.82, 2.24) is 10.2 Å². The smallest absolute Gasteiger partial charge is 0.407 e. The van der Waals surface area contributed by atoms with Gasteiger partial charge in [-0.15, -0.1) is 0 Å². The molecule has 178 valence electrons. The third-order valence-electron chi connectivity index (χ3n) is 6.50. The third kappa shape index (κ3) is 4.41. The van der Waals surface area contributed by atoms with Crippen molar-refractivity contribution < 1.29 is 29.0 Å². The van der Waals surface area contributed by atoms with E-state index in [1.807, 2.05) is 24.3 Å². The second-order valence-corrected chi connectivity index (χ2v) is 8.47. The number of carbonyl (C=O) groups excluding carboxylic acids is 2. The Labute approximate surface area is 198 Å². The molecular formula is C26H28N2O6. The Morgan fingerprint density at radius 3 is 2.38 bits per heavy atom. The van der Waals surface area contributed by atoms with Crippen LogP contribution in [0, 0.1) is 0 Å². The molecule has 2 N–H and O–H groups in total. The van der Waals surface area contributed by atoms with Crippen LogP contribution in [0.25, 0.3) is 11.1 Å². The normalized spacial score (nSPS) is 19.1. The SMILES string of the molecule is COCC1(C(=O)O)CCCN1C(=O)/C=C/CNC(=O)OCC1c2ccccc2-c2ccccc21. The van der Waals surface area contributed by atoms with Crippen molar-refractivity contribution in [3.8, 4) is 11.1 Å². The highest BCUT2D eigenvalue weighted by Gasteiger charge is 2.49. The molecule has 1 atom stereocenters. The Morgan fingerprint density at radius 2 is 1.76 bits per heavy atom. The number of methoxy groups -OCH3 is 1. The molecule has 34 heavy (non-hydrogen) atoms. The highest BCUT2D eigenvalue weighted by atomic mass is 16.5. The number of hydrogen-bond acceptors (Lipinski definition) is 5. The van der Waals surface area contributed by atoms with E-state index in [2.05, 4.69) is 29.6 Å². The number of carboxylic acid groups (broad SMARTS) is 1. The number of alkyl carbamates (subject to hydrolysis) is 1. The molecule has 0 radical (unpaired) electrons. The van der Waals surface area contributed by atoms with Gasteiger partial charge >= 0.3 is 12.1 Å². The van der Waals surface area contributed by atoms with Crippen LogP contribution in [0.1, 0.15) is 29.9 Å². The van der Waals surface area contributed by atoms with Gasteiger partial charge in [0, 0.05) is 32.2 Å². The molecule has 0 saturated carbocycles. The predicted octanol–water partition coefficient (Wildman–Crippen LogP) is 3.17. The number of amides is 2. The van der Waals surface area contributed by atoms with E-state index < -0.39 is 23.5 Å². The Kier molecular flexibility index (Phi) is 6.98. The highest BCUT2D eigenvalue weighted by Crippen LogP contribution is 2.44. The molecule has 2 aliphatic rings. The summed E-state index contributed by atoms with van der Waals surface area (Å²) in [6, 6.07) is 16.2. The minimum Gasteiger partial charge on any atom is -0.479 e. The summed E-state index contributed by atoms with van der Waals surface area (Å²) in [6.45, 7) is 0.563. The van der Waals surface area contributed by atoms with Crippen LogP contribution < -0.4 is 5.32 Å². The molecule has 2 aromatic rings. The number of likely N-dealkylation sites (tertiary alicyclic amines) is 1. The standard InChI is InChI=1S/C26H28N2O6/c1-33-17-26(24(30)31)13-7-15-28(26)23(29)12-6-14-27-25(32)34-16-22-20-10-4-2-8-18(20)19-9-3-5-11-21(19)22/h2-6,8-12,22H,7,13-17H2,1H3,(H,27,32)(H,30,31)/b12-6+. The fourth-order valence-corrected chi connectivity index (χ4v) is 4.91. The number of fused-ring (bicyclic) bond motifs is 3. The van der Waals surface area contributed by atoms with E-state index >= 15 is 0 Å². The van der Waals surface area contributed by atoms with Gasteiger partial charge in [0.2, 0.25) is 5.91 Å². The maximum absolute atomic E-state index is 12.6. The first kappa shape index (κ1) is 23.5. The topological polar surface area (TPSA) is 105 Å². The molecule has 0 spiro atoms. The zero-order valence-corrected chi connectivity index (χ0v) is 19.0. The molecular weight excluding hydrogens is 436 g/mol. The van der Waals surface area contributed by atoms with E-state index in [4.69, 9.17) is 9.47 Å². The van der Waals surface area contributed by atoms with Gasteiger partial charge < -0.3 is 24.8 Å². The summed E-state index contributed by atoms with van der Waals surface area (Å²) < 4.78 is 10.5. The molecule has 0 bridgehead atoms. The molecule has 1 unspecified atom stereocenters. The van der Waals surface area contributed by atoms with Crippen LogP contribution in [-0.2, 0) is 19.1 Å². The molecule has 2 aromatic carbocycles. The van der Waals surface area contributed by atoms with Gasteiger partial charge in [0.05, 0.1) is 6.61 Å². The van der Waals surface area contributed by atoms with Crippen LogP contribution >= 0.6 is 0 Å². The monoisotopic (exact) mass is 464 g/mol. The van der Waals surface area contributed by atoms with Crippen molar-refractivity contribution >= 4 is 18.0 Å². The first-order chi connectivity index (χ1) is 16.5. The van der Waals surface area contributed by atoms with Crippen LogP contribution in [0.3, 0.4) is 0 Å². The molecule has 0 aromatic heterocycles. The fraction of sp³-hybridized carbons (Fsp3) is 0.346. The van der Waals surface area contributed by atoms with Gasteiger partial charge in [-0.3, -0.25) is 4.79 Å². The van der Waals surface area contributed by atoms with Crippen molar-refractivity contribution in [3.63, 3.8) is 0 Å². The number of carboxylic acids is 1. The number of nitrogens with one attached hydrogen (secondary N) is 1. The summed E-state index contributed by atoms with van der Waals surface area (Å²) >= 11 is 0. The van der Waals surface area contributed by atoms with Gasteiger partial charge in [0.15, 0.2) is 5.54 Å². The van der Waals surface area contributed by atoms with Crippen molar-refractivity contribution in [2.24, 2.45) is 0 Å². The highest BCUT2D eigenvalue weighted by molar-refractivity contribution is 5.94. The summed E-state index contributed by atoms with van der Waals surface area (Å²) in [6.07, 6.45) is 3.12. The van der Waals surface area contributed by atoms with Gasteiger partial charge in [-0.1, -0.05) is 54.6 Å². The number of nitrogens with zero attached hydrogens (tertiary/aromatic N) is 1. The molecule has 4 rings (SSSR count). The van der Waals surface area contributed by atoms with E-state index in [-0.39, 0.29) is 25.7 Å². The maximum atomic E-state index is 12.6. The van der Waals surface area contributed by atoms with Crippen molar-refractivity contribution in [3.05, 3.63) is 71.8 Å². The average molecular weight is 465 g/mol. The molecule has 1 saturated heterocycles. The van der Waals surface area contributed by atoms with Crippen LogP contribution in [0.4, 0.5) is 4.79 Å². The Bertz CT molecular complexity index is 1070. The molecule has 1 aliphatic heterocycles. The van der Waals surface area contributed by atoms with Crippen molar-refractivity contribution in [2.45, 2.75) is 24.3 Å². The van der Waals surface area contributed by atoms with Gasteiger partial charge in [0.25, 0.3) is 0 Å². The first-order valence-corrected chi connectivity index (χ1v) is 11.3. The number of benzene rings is 2. The number of hydrogen-bond donors (Lipinski definition) is 2. The average Bonchev–Trinajstić information content (AvgIpc) is 3.41. The second-order valence-electron chi connectivity index (χ2n) is 8.47. The maximum Gasteiger partial charge on any atom is 0.407 e. The van der Waals surface area contributed by atoms with Crippen LogP contribution in [0.15, 0.2) is 60.7 Å². The lowest BCUT2D eigenvalue weighted by molar-refractivity contribution is -0.158. The lowest BCUT2D eigenvalue weighted by atomic mass is 9.97. The quantitative estimate of drug-likeness (QED) is 0.582. The minimum atomic E-state index is -1.35. The lowest BCUT2D eigenvalue weighted by Crippen LogP contribution is -2.55. The van der Waals surface area contributed by atoms with E-state index in [9.17, 15) is 19.5 Å². The van der Waals surface area contributed by atoms with Gasteiger partial charge in [-0.2, -0.15) is 0 Å². The Hall–Kier alpha value is -3.65. The Balaban J connectivity index is 1.30. The van der Waals surface area contributed by atoms with E-state index in [1.54, 1.807) is 0 Å². The van der Waals surface area contributed by atoms with E-state index in [1.165, 1.54) is 24.2 Å². The third-order valence-corrected chi connectivity index (χ3v) is 6.50. The van der Waals surface area contributed by atoms with Gasteiger partial charge in [-0.25, -0.2) is 9.59 Å². The van der Waals surface area contributed by atoms with Crippen LogP contribution in [-0.4, -0.2) is 66.9 Å². The summed E-state index contributed by atoms with van der Waals surface area (Å²) in [5, 5.41) is 12.3. The fourth-order valence-electron chi connectivity index (χ4n) is 4.91. The van der Waals surface area contributed by atoms with Gasteiger partial charge in [-0.05, 0) is 35.1 Å². The molecule has 8 nitrogen and oxygen atoms in total. The number of aliphatic carboxylic acids is 1. The minimum absolute atomic E-state index is 0.0321. The van der Waals surface area contributed by atoms with Crippen molar-refractivity contribution in [2.75, 3.05) is 33.4 Å². The van der Waals surface area contributed by atoms with E-state index in [0.29, 0.717) is 19.4 Å². The summed E-state index contributed by atoms with van der Waals surface area (Å²) in [4.78, 5) is 38.0. The van der Waals surface area contributed by atoms with Gasteiger partial charge in [0.1, 0.15) is 6.61 Å². The Morgan fingerprint density at radius 1 is 1.12 bits per heavy atom. The lowest BCUT2D eigenvalue weighted by Gasteiger charge is -2.33. The van der Waals surface area contributed by atoms with Crippen LogP contribution in [0.5, 0.6) is 0 Å². The molecule has 2 amide bonds. The second kappa shape index (κ2) is 10.1. The van der Waals surface area contributed by atoms with E-state index in [0.717, 1.165) is 22.3 Å². The molecule has 1 aliphatic carbocycles. The van der Waals surface area contributed by atoms with Crippen LogP contribution in [0.2, 0.25) is 0 Å².